The Kier molecular flexibility index (Phi) is 4.24. The van der Waals surface area contributed by atoms with E-state index in [1.165, 1.54) is 5.56 Å². The normalized spacial score (nSPS) is 16.6. The van der Waals surface area contributed by atoms with Gasteiger partial charge in [0, 0.05) is 11.8 Å². The number of rotatable bonds is 3. The zero-order valence-electron chi connectivity index (χ0n) is 11.1. The molecule has 0 aromatic heterocycles. The number of anilines is 1. The predicted molar refractivity (Wildman–Crippen MR) is 78.4 cm³/mol. The van der Waals surface area contributed by atoms with E-state index >= 15 is 0 Å². The van der Waals surface area contributed by atoms with Crippen LogP contribution >= 0.6 is 11.8 Å². The molecule has 0 aliphatic carbocycles. The summed E-state index contributed by atoms with van der Waals surface area (Å²) in [5.41, 5.74) is 1.82. The van der Waals surface area contributed by atoms with Crippen molar-refractivity contribution in [1.82, 2.24) is 5.32 Å². The lowest BCUT2D eigenvalue weighted by atomic mass is 10.0. The van der Waals surface area contributed by atoms with Gasteiger partial charge in [-0.25, -0.2) is 0 Å². The molecule has 0 atom stereocenters. The summed E-state index contributed by atoms with van der Waals surface area (Å²) in [7, 11) is 0. The van der Waals surface area contributed by atoms with Crippen LogP contribution < -0.4 is 10.6 Å². The minimum atomic E-state index is -0.537. The van der Waals surface area contributed by atoms with Crippen molar-refractivity contribution < 1.29 is 14.4 Å². The lowest BCUT2D eigenvalue weighted by Crippen LogP contribution is -2.18. The molecule has 1 heterocycles. The fourth-order valence-electron chi connectivity index (χ4n) is 1.67. The Bertz CT molecular complexity index is 591. The van der Waals surface area contributed by atoms with Crippen LogP contribution in [-0.4, -0.2) is 17.1 Å². The van der Waals surface area contributed by atoms with Gasteiger partial charge >= 0.3 is 0 Å². The van der Waals surface area contributed by atoms with Crippen LogP contribution in [0.1, 0.15) is 25.3 Å². The molecule has 2 N–H and O–H groups in total. The molecule has 1 aromatic carbocycles. The molecule has 20 heavy (non-hydrogen) atoms. The summed E-state index contributed by atoms with van der Waals surface area (Å²) < 4.78 is 0. The van der Waals surface area contributed by atoms with E-state index in [1.54, 1.807) is 12.1 Å². The molecule has 104 valence electrons. The monoisotopic (exact) mass is 290 g/mol. The number of carbonyl (C=O) groups excluding carboxylic acids is 3. The largest absolute Gasteiger partial charge is 0.322 e. The second-order valence-electron chi connectivity index (χ2n) is 4.62. The Morgan fingerprint density at radius 1 is 1.25 bits per heavy atom. The third kappa shape index (κ3) is 3.48. The van der Waals surface area contributed by atoms with E-state index in [2.05, 4.69) is 24.5 Å². The molecule has 5 nitrogen and oxygen atoms in total. The van der Waals surface area contributed by atoms with Gasteiger partial charge in [0.2, 0.25) is 5.91 Å². The summed E-state index contributed by atoms with van der Waals surface area (Å²) in [5.74, 6) is -0.550. The summed E-state index contributed by atoms with van der Waals surface area (Å²) in [4.78, 5) is 34.1. The van der Waals surface area contributed by atoms with E-state index in [0.29, 0.717) is 11.6 Å². The number of thioether (sulfide) groups is 1. The highest BCUT2D eigenvalue weighted by atomic mass is 32.2. The van der Waals surface area contributed by atoms with Crippen molar-refractivity contribution in [3.63, 3.8) is 0 Å². The molecule has 1 aliphatic heterocycles. The molecule has 0 bridgehead atoms. The third-order valence-corrected chi connectivity index (χ3v) is 3.56. The maximum Gasteiger partial charge on any atom is 0.290 e. The van der Waals surface area contributed by atoms with Crippen molar-refractivity contribution in [2.75, 3.05) is 5.32 Å². The van der Waals surface area contributed by atoms with Gasteiger partial charge in [0.05, 0.1) is 4.91 Å². The van der Waals surface area contributed by atoms with Gasteiger partial charge in [-0.15, -0.1) is 0 Å². The number of hydrogen-bond donors (Lipinski definition) is 2. The van der Waals surface area contributed by atoms with Crippen LogP contribution in [0, 0.1) is 0 Å². The Morgan fingerprint density at radius 2 is 1.90 bits per heavy atom. The van der Waals surface area contributed by atoms with Gasteiger partial charge in [0.25, 0.3) is 11.1 Å². The maximum absolute atomic E-state index is 11.7. The Morgan fingerprint density at radius 3 is 2.40 bits per heavy atom. The quantitative estimate of drug-likeness (QED) is 0.839. The number of hydrogen-bond acceptors (Lipinski definition) is 4. The zero-order valence-corrected chi connectivity index (χ0v) is 11.9. The molecule has 1 aromatic rings. The molecule has 1 aliphatic rings. The lowest BCUT2D eigenvalue weighted by molar-refractivity contribution is -0.116. The molecule has 0 spiro atoms. The van der Waals surface area contributed by atoms with Gasteiger partial charge in [0.15, 0.2) is 0 Å². The predicted octanol–water partition coefficient (Wildman–Crippen LogP) is 2.62. The van der Waals surface area contributed by atoms with Gasteiger partial charge in [-0.3, -0.25) is 19.7 Å². The number of imide groups is 1. The number of benzene rings is 1. The average molecular weight is 290 g/mol. The van der Waals surface area contributed by atoms with Gasteiger partial charge in [-0.05, 0) is 35.4 Å². The van der Waals surface area contributed by atoms with Crippen LogP contribution in [0.2, 0.25) is 0 Å². The molecular formula is C14H14N2O3S. The van der Waals surface area contributed by atoms with E-state index in [4.69, 9.17) is 0 Å². The summed E-state index contributed by atoms with van der Waals surface area (Å²) in [6, 6.07) is 7.49. The highest BCUT2D eigenvalue weighted by molar-refractivity contribution is 8.18. The molecule has 1 fully saturated rings. The SMILES string of the molecule is CC(C)c1ccc(NC(=O)/C=C2\SC(=O)NC2=O)cc1. The molecule has 0 unspecified atom stereocenters. The number of amides is 3. The first kappa shape index (κ1) is 14.3. The van der Waals surface area contributed by atoms with Crippen LogP contribution in [0.25, 0.3) is 0 Å². The lowest BCUT2D eigenvalue weighted by Gasteiger charge is -2.07. The van der Waals surface area contributed by atoms with Crippen molar-refractivity contribution in [2.24, 2.45) is 0 Å². The molecule has 3 amide bonds. The molecule has 6 heteroatoms. The smallest absolute Gasteiger partial charge is 0.290 e. The van der Waals surface area contributed by atoms with Crippen LogP contribution in [-0.2, 0) is 9.59 Å². The average Bonchev–Trinajstić information content (AvgIpc) is 2.68. The minimum Gasteiger partial charge on any atom is -0.322 e. The van der Waals surface area contributed by atoms with E-state index < -0.39 is 17.1 Å². The molecule has 0 radical (unpaired) electrons. The third-order valence-electron chi connectivity index (χ3n) is 2.75. The first-order valence-electron chi connectivity index (χ1n) is 6.11. The van der Waals surface area contributed by atoms with Gasteiger partial charge in [-0.1, -0.05) is 26.0 Å². The van der Waals surface area contributed by atoms with Crippen LogP contribution in [0.15, 0.2) is 35.2 Å². The topological polar surface area (TPSA) is 75.3 Å². The first-order chi connectivity index (χ1) is 9.45. The highest BCUT2D eigenvalue weighted by Crippen LogP contribution is 2.23. The van der Waals surface area contributed by atoms with E-state index in [0.717, 1.165) is 17.8 Å². The van der Waals surface area contributed by atoms with Crippen molar-refractivity contribution in [3.05, 3.63) is 40.8 Å². The minimum absolute atomic E-state index is 0.103. The Hall–Kier alpha value is -2.08. The van der Waals surface area contributed by atoms with Crippen LogP contribution in [0.5, 0.6) is 0 Å². The first-order valence-corrected chi connectivity index (χ1v) is 6.93. The second kappa shape index (κ2) is 5.92. The highest BCUT2D eigenvalue weighted by Gasteiger charge is 2.25. The van der Waals surface area contributed by atoms with Gasteiger partial charge < -0.3 is 5.32 Å². The van der Waals surface area contributed by atoms with Crippen molar-refractivity contribution in [3.8, 4) is 0 Å². The molecule has 2 rings (SSSR count). The fraction of sp³-hybridized carbons (Fsp3) is 0.214. The van der Waals surface area contributed by atoms with Crippen LogP contribution in [0.3, 0.4) is 0 Å². The summed E-state index contributed by atoms with van der Waals surface area (Å²) >= 11 is 0.720. The summed E-state index contributed by atoms with van der Waals surface area (Å²) in [5, 5.41) is 4.28. The van der Waals surface area contributed by atoms with E-state index in [1.807, 2.05) is 12.1 Å². The van der Waals surface area contributed by atoms with Crippen LogP contribution in [0.4, 0.5) is 10.5 Å². The summed E-state index contributed by atoms with van der Waals surface area (Å²) in [6.45, 7) is 4.18. The van der Waals surface area contributed by atoms with E-state index in [-0.39, 0.29) is 4.91 Å². The second-order valence-corrected chi connectivity index (χ2v) is 5.63. The van der Waals surface area contributed by atoms with Crippen molar-refractivity contribution >= 4 is 34.5 Å². The van der Waals surface area contributed by atoms with E-state index in [9.17, 15) is 14.4 Å². The van der Waals surface area contributed by atoms with Crippen molar-refractivity contribution in [1.29, 1.82) is 0 Å². The zero-order chi connectivity index (χ0) is 14.7. The molecule has 1 saturated heterocycles. The Labute approximate surface area is 120 Å². The Balaban J connectivity index is 2.03. The molecular weight excluding hydrogens is 276 g/mol. The van der Waals surface area contributed by atoms with Gasteiger partial charge in [0.1, 0.15) is 0 Å². The summed E-state index contributed by atoms with van der Waals surface area (Å²) in [6.07, 6.45) is 1.13. The standard InChI is InChI=1S/C14H14N2O3S/c1-8(2)9-3-5-10(6-4-9)15-12(17)7-11-13(18)16-14(19)20-11/h3-8H,1-2H3,(H,15,17)(H,16,18,19)/b11-7-. The molecule has 0 saturated carbocycles. The van der Waals surface area contributed by atoms with Gasteiger partial charge in [-0.2, -0.15) is 0 Å². The fourth-order valence-corrected chi connectivity index (χ4v) is 2.32. The number of nitrogens with one attached hydrogen (secondary N) is 2. The van der Waals surface area contributed by atoms with Crippen molar-refractivity contribution in [2.45, 2.75) is 19.8 Å². The number of carbonyl (C=O) groups is 3. The maximum atomic E-state index is 11.7.